The van der Waals surface area contributed by atoms with Crippen LogP contribution in [-0.2, 0) is 16.4 Å². The number of halogens is 1. The van der Waals surface area contributed by atoms with Gasteiger partial charge in [-0.2, -0.15) is 0 Å². The smallest absolute Gasteiger partial charge is 0.175 e. The van der Waals surface area contributed by atoms with Crippen molar-refractivity contribution in [2.45, 2.75) is 21.2 Å². The highest BCUT2D eigenvalue weighted by atomic mass is 35.5. The highest BCUT2D eigenvalue weighted by Gasteiger charge is 2.10. The van der Waals surface area contributed by atoms with Crippen LogP contribution in [0.1, 0.15) is 5.56 Å². The summed E-state index contributed by atoms with van der Waals surface area (Å²) in [5.74, 6) is 0. The Hall–Kier alpha value is -1.01. The largest absolute Gasteiger partial charge is 0.316 e. The minimum atomic E-state index is -3.16. The summed E-state index contributed by atoms with van der Waals surface area (Å²) in [6.45, 7) is 0.727. The second-order valence-electron chi connectivity index (χ2n) is 4.60. The fraction of sp³-hybridized carbons (Fsp3) is 0.200. The highest BCUT2D eigenvalue weighted by molar-refractivity contribution is 7.99. The lowest BCUT2D eigenvalue weighted by molar-refractivity contribution is 0.602. The Balaban J connectivity index is 2.30. The fourth-order valence-electron chi connectivity index (χ4n) is 1.87. The maximum Gasteiger partial charge on any atom is 0.175 e. The van der Waals surface area contributed by atoms with Crippen molar-refractivity contribution >= 4 is 33.2 Å². The molecule has 0 spiro atoms. The molecule has 0 unspecified atom stereocenters. The molecule has 6 heteroatoms. The molecule has 0 aliphatic carbocycles. The van der Waals surface area contributed by atoms with Gasteiger partial charge >= 0.3 is 0 Å². The Morgan fingerprint density at radius 3 is 2.38 bits per heavy atom. The van der Waals surface area contributed by atoms with Crippen molar-refractivity contribution in [1.29, 1.82) is 0 Å². The molecule has 0 saturated carbocycles. The van der Waals surface area contributed by atoms with E-state index in [1.54, 1.807) is 24.3 Å². The van der Waals surface area contributed by atoms with Gasteiger partial charge in [0.25, 0.3) is 0 Å². The van der Waals surface area contributed by atoms with E-state index in [1.165, 1.54) is 18.0 Å². The lowest BCUT2D eigenvalue weighted by Crippen LogP contribution is -2.06. The zero-order valence-corrected chi connectivity index (χ0v) is 14.1. The minimum Gasteiger partial charge on any atom is -0.316 e. The molecule has 0 heterocycles. The van der Waals surface area contributed by atoms with E-state index in [4.69, 9.17) is 11.6 Å². The van der Waals surface area contributed by atoms with E-state index in [2.05, 4.69) is 5.32 Å². The molecule has 0 saturated heterocycles. The summed E-state index contributed by atoms with van der Waals surface area (Å²) >= 11 is 7.81. The molecule has 2 aromatic rings. The van der Waals surface area contributed by atoms with Gasteiger partial charge in [-0.05, 0) is 42.9 Å². The van der Waals surface area contributed by atoms with Gasteiger partial charge in [0.1, 0.15) is 0 Å². The number of benzene rings is 2. The first-order valence-electron chi connectivity index (χ1n) is 6.32. The number of hydrogen-bond acceptors (Lipinski definition) is 4. The Morgan fingerprint density at radius 2 is 1.81 bits per heavy atom. The molecule has 112 valence electrons. The molecule has 1 N–H and O–H groups in total. The van der Waals surface area contributed by atoms with Crippen LogP contribution in [0.15, 0.2) is 57.2 Å². The van der Waals surface area contributed by atoms with Crippen molar-refractivity contribution < 1.29 is 8.42 Å². The average Bonchev–Trinajstić information content (AvgIpc) is 2.42. The van der Waals surface area contributed by atoms with E-state index in [-0.39, 0.29) is 0 Å². The molecule has 0 atom stereocenters. The molecule has 0 aliphatic rings. The first kappa shape index (κ1) is 16.4. The van der Waals surface area contributed by atoms with Gasteiger partial charge in [0.2, 0.25) is 0 Å². The van der Waals surface area contributed by atoms with Crippen LogP contribution in [0.25, 0.3) is 0 Å². The second kappa shape index (κ2) is 6.83. The Bertz CT molecular complexity index is 728. The quantitative estimate of drug-likeness (QED) is 0.902. The molecule has 2 aromatic carbocycles. The Labute approximate surface area is 134 Å². The summed E-state index contributed by atoms with van der Waals surface area (Å²) in [4.78, 5) is 2.26. The van der Waals surface area contributed by atoms with Crippen molar-refractivity contribution in [3.05, 3.63) is 53.1 Å². The summed E-state index contributed by atoms with van der Waals surface area (Å²) in [5, 5.41) is 3.81. The van der Waals surface area contributed by atoms with Crippen LogP contribution < -0.4 is 5.32 Å². The lowest BCUT2D eigenvalue weighted by atomic mass is 10.2. The summed E-state index contributed by atoms with van der Waals surface area (Å²) in [6, 6.07) is 12.6. The van der Waals surface area contributed by atoms with Crippen LogP contribution in [0, 0.1) is 0 Å². The molecular formula is C15H16ClNO2S2. The first-order chi connectivity index (χ1) is 9.91. The van der Waals surface area contributed by atoms with Gasteiger partial charge in [0, 0.05) is 22.6 Å². The van der Waals surface area contributed by atoms with Crippen LogP contribution in [0.4, 0.5) is 0 Å². The number of hydrogen-bond donors (Lipinski definition) is 1. The zero-order valence-electron chi connectivity index (χ0n) is 11.8. The molecule has 3 nitrogen and oxygen atoms in total. The van der Waals surface area contributed by atoms with Crippen molar-refractivity contribution in [2.75, 3.05) is 13.3 Å². The van der Waals surface area contributed by atoms with E-state index in [0.29, 0.717) is 9.92 Å². The van der Waals surface area contributed by atoms with E-state index >= 15 is 0 Å². The van der Waals surface area contributed by atoms with Gasteiger partial charge < -0.3 is 5.32 Å². The predicted molar refractivity (Wildman–Crippen MR) is 87.9 cm³/mol. The van der Waals surface area contributed by atoms with Gasteiger partial charge in [-0.1, -0.05) is 35.5 Å². The molecule has 0 aromatic heterocycles. The van der Waals surface area contributed by atoms with E-state index in [9.17, 15) is 8.42 Å². The second-order valence-corrected chi connectivity index (χ2v) is 8.11. The zero-order chi connectivity index (χ0) is 15.5. The molecule has 0 aliphatic heterocycles. The molecule has 0 fully saturated rings. The number of nitrogens with one attached hydrogen (secondary N) is 1. The predicted octanol–water partition coefficient (Wildman–Crippen LogP) is 3.61. The third-order valence-electron chi connectivity index (χ3n) is 2.89. The van der Waals surface area contributed by atoms with E-state index in [0.717, 1.165) is 21.9 Å². The van der Waals surface area contributed by atoms with E-state index < -0.39 is 9.84 Å². The maximum absolute atomic E-state index is 11.5. The standard InChI is InChI=1S/C15H16ClNO2S2/c1-17-10-11-4-3-5-14(16)15(11)20-12-6-8-13(9-7-12)21(2,18)19/h3-9,17H,10H2,1-2H3. The van der Waals surface area contributed by atoms with Gasteiger partial charge in [0.15, 0.2) is 9.84 Å². The lowest BCUT2D eigenvalue weighted by Gasteiger charge is -2.11. The van der Waals surface area contributed by atoms with Crippen LogP contribution in [-0.4, -0.2) is 21.7 Å². The average molecular weight is 342 g/mol. The monoisotopic (exact) mass is 341 g/mol. The Morgan fingerprint density at radius 1 is 1.14 bits per heavy atom. The van der Waals surface area contributed by atoms with Gasteiger partial charge in [-0.15, -0.1) is 0 Å². The van der Waals surface area contributed by atoms with Crippen LogP contribution in [0.5, 0.6) is 0 Å². The Kier molecular flexibility index (Phi) is 5.32. The fourth-order valence-corrected chi connectivity index (χ4v) is 3.76. The summed E-state index contributed by atoms with van der Waals surface area (Å²) < 4.78 is 22.9. The normalized spacial score (nSPS) is 11.6. The third-order valence-corrected chi connectivity index (χ3v) is 5.64. The molecule has 0 bridgehead atoms. The van der Waals surface area contributed by atoms with Gasteiger partial charge in [0.05, 0.1) is 9.92 Å². The third kappa shape index (κ3) is 4.23. The maximum atomic E-state index is 11.5. The van der Waals surface area contributed by atoms with E-state index in [1.807, 2.05) is 25.2 Å². The topological polar surface area (TPSA) is 46.2 Å². The van der Waals surface area contributed by atoms with Crippen LogP contribution in [0.2, 0.25) is 5.02 Å². The van der Waals surface area contributed by atoms with Crippen molar-refractivity contribution in [3.63, 3.8) is 0 Å². The number of sulfone groups is 1. The van der Waals surface area contributed by atoms with Gasteiger partial charge in [-0.25, -0.2) is 8.42 Å². The summed E-state index contributed by atoms with van der Waals surface area (Å²) in [6.07, 6.45) is 1.20. The first-order valence-corrected chi connectivity index (χ1v) is 9.40. The van der Waals surface area contributed by atoms with Gasteiger partial charge in [-0.3, -0.25) is 0 Å². The molecule has 0 amide bonds. The number of rotatable bonds is 5. The van der Waals surface area contributed by atoms with Crippen molar-refractivity contribution in [1.82, 2.24) is 5.32 Å². The highest BCUT2D eigenvalue weighted by Crippen LogP contribution is 2.36. The molecular weight excluding hydrogens is 326 g/mol. The minimum absolute atomic E-state index is 0.321. The summed E-state index contributed by atoms with van der Waals surface area (Å²) in [7, 11) is -1.28. The van der Waals surface area contributed by atoms with Crippen LogP contribution >= 0.6 is 23.4 Å². The molecule has 2 rings (SSSR count). The molecule has 21 heavy (non-hydrogen) atoms. The summed E-state index contributed by atoms with van der Waals surface area (Å²) in [5.41, 5.74) is 1.11. The van der Waals surface area contributed by atoms with Crippen LogP contribution in [0.3, 0.4) is 0 Å². The SMILES string of the molecule is CNCc1cccc(Cl)c1Sc1ccc(S(C)(=O)=O)cc1. The molecule has 0 radical (unpaired) electrons. The van der Waals surface area contributed by atoms with Crippen molar-refractivity contribution in [2.24, 2.45) is 0 Å². The van der Waals surface area contributed by atoms with Crippen molar-refractivity contribution in [3.8, 4) is 0 Å².